The van der Waals surface area contributed by atoms with Gasteiger partial charge >= 0.3 is 6.09 Å². The molecule has 0 saturated carbocycles. The molecule has 0 aliphatic carbocycles. The van der Waals surface area contributed by atoms with Gasteiger partial charge in [-0.05, 0) is 61.3 Å². The first kappa shape index (κ1) is 14.0. The van der Waals surface area contributed by atoms with Gasteiger partial charge in [-0.25, -0.2) is 9.18 Å². The highest BCUT2D eigenvalue weighted by Crippen LogP contribution is 2.24. The van der Waals surface area contributed by atoms with Crippen LogP contribution in [0.1, 0.15) is 26.3 Å². The van der Waals surface area contributed by atoms with Crippen LogP contribution in [-0.4, -0.2) is 11.7 Å². The molecule has 0 aromatic heterocycles. The first-order valence-corrected chi connectivity index (χ1v) is 5.94. The minimum absolute atomic E-state index is 0.365. The number of benzene rings is 1. The van der Waals surface area contributed by atoms with E-state index >= 15 is 0 Å². The van der Waals surface area contributed by atoms with E-state index in [0.29, 0.717) is 10.2 Å². The van der Waals surface area contributed by atoms with Crippen molar-refractivity contribution >= 4 is 27.7 Å². The molecule has 1 amide bonds. The molecule has 0 atom stereocenters. The van der Waals surface area contributed by atoms with E-state index in [-0.39, 0.29) is 0 Å². The molecule has 0 aliphatic heterocycles. The number of rotatable bonds is 1. The third-order valence-electron chi connectivity index (χ3n) is 1.90. The van der Waals surface area contributed by atoms with Gasteiger partial charge < -0.3 is 4.74 Å². The first-order valence-electron chi connectivity index (χ1n) is 5.15. The molecule has 1 aromatic carbocycles. The molecule has 1 rings (SSSR count). The van der Waals surface area contributed by atoms with Gasteiger partial charge in [-0.15, -0.1) is 0 Å². The fourth-order valence-electron chi connectivity index (χ4n) is 1.19. The van der Waals surface area contributed by atoms with Gasteiger partial charge in [-0.3, -0.25) is 5.32 Å². The van der Waals surface area contributed by atoms with Crippen molar-refractivity contribution in [2.24, 2.45) is 0 Å². The standard InChI is InChI=1S/C12H15BrFNO2/c1-7-5-8(13)9(14)6-10(7)15-11(16)17-12(2,3)4/h5-6H,1-4H3,(H,15,16). The number of halogens is 2. The molecule has 0 unspecified atom stereocenters. The second-order valence-electron chi connectivity index (χ2n) is 4.71. The summed E-state index contributed by atoms with van der Waals surface area (Å²) in [4.78, 5) is 11.5. The van der Waals surface area contributed by atoms with Gasteiger partial charge in [0.15, 0.2) is 0 Å². The average Bonchev–Trinajstić information content (AvgIpc) is 2.11. The van der Waals surface area contributed by atoms with Crippen molar-refractivity contribution in [3.8, 4) is 0 Å². The second kappa shape index (κ2) is 5.04. The quantitative estimate of drug-likeness (QED) is 0.842. The number of amides is 1. The maximum Gasteiger partial charge on any atom is 0.412 e. The van der Waals surface area contributed by atoms with Crippen LogP contribution in [-0.2, 0) is 4.74 Å². The molecule has 0 bridgehead atoms. The Morgan fingerprint density at radius 1 is 1.41 bits per heavy atom. The van der Waals surface area contributed by atoms with Crippen LogP contribution in [0.3, 0.4) is 0 Å². The fraction of sp³-hybridized carbons (Fsp3) is 0.417. The molecule has 1 N–H and O–H groups in total. The Morgan fingerprint density at radius 2 is 2.00 bits per heavy atom. The summed E-state index contributed by atoms with van der Waals surface area (Å²) >= 11 is 3.08. The second-order valence-corrected chi connectivity index (χ2v) is 5.56. The third kappa shape index (κ3) is 4.34. The SMILES string of the molecule is Cc1cc(Br)c(F)cc1NC(=O)OC(C)(C)C. The molecule has 0 heterocycles. The highest BCUT2D eigenvalue weighted by Gasteiger charge is 2.17. The smallest absolute Gasteiger partial charge is 0.412 e. The van der Waals surface area contributed by atoms with Crippen molar-refractivity contribution in [3.05, 3.63) is 28.0 Å². The summed E-state index contributed by atoms with van der Waals surface area (Å²) in [6.07, 6.45) is -0.595. The Hall–Kier alpha value is -1.10. The number of anilines is 1. The Bertz CT molecular complexity index is 441. The van der Waals surface area contributed by atoms with E-state index in [0.717, 1.165) is 5.56 Å². The van der Waals surface area contributed by atoms with Crippen molar-refractivity contribution in [2.75, 3.05) is 5.32 Å². The zero-order valence-corrected chi connectivity index (χ0v) is 11.8. The predicted molar refractivity (Wildman–Crippen MR) is 68.7 cm³/mol. The molecule has 5 heteroatoms. The molecule has 94 valence electrons. The fourth-order valence-corrected chi connectivity index (χ4v) is 1.65. The van der Waals surface area contributed by atoms with E-state index in [4.69, 9.17) is 4.74 Å². The summed E-state index contributed by atoms with van der Waals surface area (Å²) in [5.74, 6) is -0.429. The van der Waals surface area contributed by atoms with E-state index in [2.05, 4.69) is 21.2 Å². The van der Waals surface area contributed by atoms with Gasteiger partial charge in [0.1, 0.15) is 11.4 Å². The van der Waals surface area contributed by atoms with Crippen molar-refractivity contribution in [1.82, 2.24) is 0 Å². The zero-order chi connectivity index (χ0) is 13.2. The van der Waals surface area contributed by atoms with Crippen LogP contribution in [0.5, 0.6) is 0 Å². The number of hydrogen-bond acceptors (Lipinski definition) is 2. The van der Waals surface area contributed by atoms with Crippen molar-refractivity contribution in [2.45, 2.75) is 33.3 Å². The van der Waals surface area contributed by atoms with Gasteiger partial charge in [0.05, 0.1) is 4.47 Å². The number of ether oxygens (including phenoxy) is 1. The molecule has 0 spiro atoms. The number of carbonyl (C=O) groups is 1. The Balaban J connectivity index is 2.82. The van der Waals surface area contributed by atoms with Gasteiger partial charge in [0.25, 0.3) is 0 Å². The van der Waals surface area contributed by atoms with E-state index in [1.54, 1.807) is 33.8 Å². The lowest BCUT2D eigenvalue weighted by Crippen LogP contribution is -2.27. The molecule has 1 aromatic rings. The first-order chi connectivity index (χ1) is 7.69. The van der Waals surface area contributed by atoms with Crippen LogP contribution in [0.15, 0.2) is 16.6 Å². The normalized spacial score (nSPS) is 11.2. The van der Waals surface area contributed by atoms with Crippen LogP contribution in [0.4, 0.5) is 14.9 Å². The van der Waals surface area contributed by atoms with Gasteiger partial charge in [0.2, 0.25) is 0 Å². The summed E-state index contributed by atoms with van der Waals surface area (Å²) in [5.41, 5.74) is 0.579. The summed E-state index contributed by atoms with van der Waals surface area (Å²) in [6, 6.07) is 2.85. The van der Waals surface area contributed by atoms with Crippen LogP contribution in [0, 0.1) is 12.7 Å². The number of carbonyl (C=O) groups excluding carboxylic acids is 1. The van der Waals surface area contributed by atoms with Crippen molar-refractivity contribution in [3.63, 3.8) is 0 Å². The molecule has 0 radical (unpaired) electrons. The van der Waals surface area contributed by atoms with Crippen molar-refractivity contribution < 1.29 is 13.9 Å². The van der Waals surface area contributed by atoms with Crippen molar-refractivity contribution in [1.29, 1.82) is 0 Å². The highest BCUT2D eigenvalue weighted by atomic mass is 79.9. The molecular weight excluding hydrogens is 289 g/mol. The van der Waals surface area contributed by atoms with Crippen LogP contribution in [0.25, 0.3) is 0 Å². The maximum absolute atomic E-state index is 13.3. The molecule has 0 fully saturated rings. The van der Waals surface area contributed by atoms with E-state index < -0.39 is 17.5 Å². The molecule has 0 aliphatic rings. The topological polar surface area (TPSA) is 38.3 Å². The summed E-state index contributed by atoms with van der Waals surface area (Å²) in [7, 11) is 0. The van der Waals surface area contributed by atoms with Gasteiger partial charge in [-0.1, -0.05) is 0 Å². The highest BCUT2D eigenvalue weighted by molar-refractivity contribution is 9.10. The number of nitrogens with one attached hydrogen (secondary N) is 1. The van der Waals surface area contributed by atoms with E-state index in [1.807, 2.05) is 0 Å². The predicted octanol–water partition coefficient (Wildman–Crippen LogP) is 4.24. The summed E-state index contributed by atoms with van der Waals surface area (Å²) in [5, 5.41) is 2.51. The molecule has 17 heavy (non-hydrogen) atoms. The average molecular weight is 304 g/mol. The monoisotopic (exact) mass is 303 g/mol. The van der Waals surface area contributed by atoms with Crippen LogP contribution in [0.2, 0.25) is 0 Å². The number of aryl methyl sites for hydroxylation is 1. The van der Waals surface area contributed by atoms with E-state index in [9.17, 15) is 9.18 Å². The lowest BCUT2D eigenvalue weighted by molar-refractivity contribution is 0.0636. The Morgan fingerprint density at radius 3 is 2.53 bits per heavy atom. The Kier molecular flexibility index (Phi) is 4.14. The third-order valence-corrected chi connectivity index (χ3v) is 2.51. The molecule has 3 nitrogen and oxygen atoms in total. The lowest BCUT2D eigenvalue weighted by atomic mass is 10.2. The minimum Gasteiger partial charge on any atom is -0.444 e. The van der Waals surface area contributed by atoms with Gasteiger partial charge in [0, 0.05) is 5.69 Å². The minimum atomic E-state index is -0.595. The van der Waals surface area contributed by atoms with Crippen LogP contribution < -0.4 is 5.32 Å². The molecular formula is C12H15BrFNO2. The van der Waals surface area contributed by atoms with Gasteiger partial charge in [-0.2, -0.15) is 0 Å². The zero-order valence-electron chi connectivity index (χ0n) is 10.2. The summed E-state index contributed by atoms with van der Waals surface area (Å²) in [6.45, 7) is 7.07. The number of hydrogen-bond donors (Lipinski definition) is 1. The maximum atomic E-state index is 13.3. The largest absolute Gasteiger partial charge is 0.444 e. The lowest BCUT2D eigenvalue weighted by Gasteiger charge is -2.20. The molecule has 0 saturated heterocycles. The van der Waals surface area contributed by atoms with Crippen LogP contribution >= 0.6 is 15.9 Å². The van der Waals surface area contributed by atoms with E-state index in [1.165, 1.54) is 6.07 Å². The summed E-state index contributed by atoms with van der Waals surface area (Å²) < 4.78 is 18.8. The Labute approximate surface area is 108 Å².